The Morgan fingerprint density at radius 2 is 2.18 bits per heavy atom. The van der Waals surface area contributed by atoms with E-state index in [0.29, 0.717) is 11.3 Å². The van der Waals surface area contributed by atoms with E-state index in [1.807, 2.05) is 6.07 Å². The minimum Gasteiger partial charge on any atom is -0.265 e. The van der Waals surface area contributed by atoms with Crippen LogP contribution in [0.1, 0.15) is 13.8 Å². The van der Waals surface area contributed by atoms with E-state index in [0.717, 1.165) is 0 Å². The standard InChI is InChI=1S/C7H7N3O/c1-4(3-8)6-5(2)9-10-7(6)11/h4H,1-2H3. The molecule has 4 heteroatoms. The van der Waals surface area contributed by atoms with Gasteiger partial charge in [0.2, 0.25) is 0 Å². The highest BCUT2D eigenvalue weighted by molar-refractivity contribution is 5.97. The predicted molar refractivity (Wildman–Crippen MR) is 37.3 cm³/mol. The minimum atomic E-state index is -0.405. The molecule has 1 heterocycles. The molecule has 4 nitrogen and oxygen atoms in total. The van der Waals surface area contributed by atoms with E-state index in [9.17, 15) is 4.79 Å². The lowest BCUT2D eigenvalue weighted by molar-refractivity contribution is -0.114. The van der Waals surface area contributed by atoms with Gasteiger partial charge in [-0.1, -0.05) is 0 Å². The third-order valence-corrected chi connectivity index (χ3v) is 1.54. The molecule has 1 atom stereocenters. The van der Waals surface area contributed by atoms with Crippen LogP contribution in [0.3, 0.4) is 0 Å². The molecule has 1 aliphatic rings. The molecule has 0 N–H and O–H groups in total. The Labute approximate surface area is 64.2 Å². The molecule has 0 aromatic rings. The predicted octanol–water partition coefficient (Wildman–Crippen LogP) is 1.41. The molecule has 0 fully saturated rings. The number of hydrogen-bond donors (Lipinski definition) is 0. The molecule has 1 rings (SSSR count). The van der Waals surface area contributed by atoms with Gasteiger partial charge in [0.05, 0.1) is 23.3 Å². The zero-order valence-corrected chi connectivity index (χ0v) is 6.33. The molecule has 0 aromatic heterocycles. The maximum absolute atomic E-state index is 10.9. The summed E-state index contributed by atoms with van der Waals surface area (Å²) < 4.78 is 0. The van der Waals surface area contributed by atoms with Gasteiger partial charge in [-0.15, -0.1) is 5.11 Å². The van der Waals surface area contributed by atoms with Crippen LogP contribution in [0.2, 0.25) is 0 Å². The Bertz CT molecular complexity index is 295. The summed E-state index contributed by atoms with van der Waals surface area (Å²) in [5.74, 6) is -0.783. The maximum Gasteiger partial charge on any atom is 0.294 e. The maximum atomic E-state index is 10.9. The quantitative estimate of drug-likeness (QED) is 0.565. The van der Waals surface area contributed by atoms with Crippen LogP contribution in [0.5, 0.6) is 0 Å². The lowest BCUT2D eigenvalue weighted by Crippen LogP contribution is -2.04. The van der Waals surface area contributed by atoms with Gasteiger partial charge in [-0.2, -0.15) is 10.4 Å². The van der Waals surface area contributed by atoms with E-state index in [-0.39, 0.29) is 5.91 Å². The van der Waals surface area contributed by atoms with Crippen LogP contribution in [0.25, 0.3) is 0 Å². The molecule has 0 saturated carbocycles. The summed E-state index contributed by atoms with van der Waals surface area (Å²) in [6, 6.07) is 1.97. The van der Waals surface area contributed by atoms with E-state index in [1.54, 1.807) is 13.8 Å². The van der Waals surface area contributed by atoms with Gasteiger partial charge in [0.15, 0.2) is 0 Å². The monoisotopic (exact) mass is 149 g/mol. The number of nitrogens with zero attached hydrogens (tertiary/aromatic N) is 3. The SMILES string of the molecule is CC1=C(C(C)C#N)C(=O)N=N1. The van der Waals surface area contributed by atoms with E-state index >= 15 is 0 Å². The van der Waals surface area contributed by atoms with Crippen LogP contribution in [0, 0.1) is 17.2 Å². The summed E-state index contributed by atoms with van der Waals surface area (Å²) >= 11 is 0. The number of azo groups is 1. The molecule has 0 saturated heterocycles. The van der Waals surface area contributed by atoms with Gasteiger partial charge in [-0.3, -0.25) is 4.79 Å². The van der Waals surface area contributed by atoms with Crippen molar-refractivity contribution >= 4 is 5.91 Å². The van der Waals surface area contributed by atoms with Gasteiger partial charge in [0, 0.05) is 0 Å². The molecule has 0 aliphatic carbocycles. The first-order valence-electron chi connectivity index (χ1n) is 3.23. The Kier molecular flexibility index (Phi) is 1.81. The highest BCUT2D eigenvalue weighted by Crippen LogP contribution is 2.22. The molecule has 11 heavy (non-hydrogen) atoms. The summed E-state index contributed by atoms with van der Waals surface area (Å²) in [7, 11) is 0. The van der Waals surface area contributed by atoms with Crippen molar-refractivity contribution in [3.8, 4) is 6.07 Å². The van der Waals surface area contributed by atoms with Crippen molar-refractivity contribution in [2.45, 2.75) is 13.8 Å². The molecule has 0 aromatic carbocycles. The third-order valence-electron chi connectivity index (χ3n) is 1.54. The fourth-order valence-corrected chi connectivity index (χ4v) is 0.946. The Morgan fingerprint density at radius 1 is 1.55 bits per heavy atom. The number of hydrogen-bond acceptors (Lipinski definition) is 3. The molecule has 0 bridgehead atoms. The van der Waals surface area contributed by atoms with Crippen molar-refractivity contribution in [2.75, 3.05) is 0 Å². The van der Waals surface area contributed by atoms with Gasteiger partial charge < -0.3 is 0 Å². The topological polar surface area (TPSA) is 65.6 Å². The highest BCUT2D eigenvalue weighted by Gasteiger charge is 2.23. The number of allylic oxidation sites excluding steroid dienone is 1. The van der Waals surface area contributed by atoms with Crippen LogP contribution < -0.4 is 0 Å². The Hall–Kier alpha value is -1.50. The van der Waals surface area contributed by atoms with Crippen LogP contribution in [-0.2, 0) is 4.79 Å². The second-order valence-electron chi connectivity index (χ2n) is 2.36. The number of rotatable bonds is 1. The van der Waals surface area contributed by atoms with Crippen molar-refractivity contribution in [2.24, 2.45) is 16.1 Å². The lowest BCUT2D eigenvalue weighted by atomic mass is 10.0. The van der Waals surface area contributed by atoms with Crippen molar-refractivity contribution in [3.63, 3.8) is 0 Å². The van der Waals surface area contributed by atoms with Crippen molar-refractivity contribution in [1.82, 2.24) is 0 Å². The molecule has 1 unspecified atom stereocenters. The first-order valence-corrected chi connectivity index (χ1v) is 3.23. The van der Waals surface area contributed by atoms with Crippen molar-refractivity contribution < 1.29 is 4.79 Å². The van der Waals surface area contributed by atoms with E-state index in [4.69, 9.17) is 5.26 Å². The summed E-state index contributed by atoms with van der Waals surface area (Å²) in [6.45, 7) is 3.34. The van der Waals surface area contributed by atoms with Gasteiger partial charge >= 0.3 is 0 Å². The van der Waals surface area contributed by atoms with E-state index in [1.165, 1.54) is 0 Å². The fourth-order valence-electron chi connectivity index (χ4n) is 0.946. The largest absolute Gasteiger partial charge is 0.294 e. The van der Waals surface area contributed by atoms with Crippen molar-refractivity contribution in [3.05, 3.63) is 11.3 Å². The number of nitriles is 1. The number of carbonyl (C=O) groups is 1. The van der Waals surface area contributed by atoms with Gasteiger partial charge in [-0.05, 0) is 13.8 Å². The molecule has 0 spiro atoms. The molecule has 1 aliphatic heterocycles. The number of carbonyl (C=O) groups excluding carboxylic acids is 1. The minimum absolute atomic E-state index is 0.378. The smallest absolute Gasteiger partial charge is 0.265 e. The third kappa shape index (κ3) is 1.17. The summed E-state index contributed by atoms with van der Waals surface area (Å²) in [6.07, 6.45) is 0. The Morgan fingerprint density at radius 3 is 2.55 bits per heavy atom. The van der Waals surface area contributed by atoms with Gasteiger partial charge in [-0.25, -0.2) is 0 Å². The average molecular weight is 149 g/mol. The zero-order chi connectivity index (χ0) is 8.43. The fraction of sp³-hybridized carbons (Fsp3) is 0.429. The number of amides is 1. The lowest BCUT2D eigenvalue weighted by Gasteiger charge is -1.98. The van der Waals surface area contributed by atoms with Crippen LogP contribution in [0.4, 0.5) is 0 Å². The summed E-state index contributed by atoms with van der Waals surface area (Å²) in [5, 5.41) is 15.4. The van der Waals surface area contributed by atoms with Gasteiger partial charge in [0.1, 0.15) is 0 Å². The molecular formula is C7H7N3O. The average Bonchev–Trinajstić information content (AvgIpc) is 2.30. The van der Waals surface area contributed by atoms with Crippen molar-refractivity contribution in [1.29, 1.82) is 5.26 Å². The summed E-state index contributed by atoms with van der Waals surface area (Å²) in [4.78, 5) is 10.9. The van der Waals surface area contributed by atoms with E-state index < -0.39 is 5.92 Å². The Balaban J connectivity index is 3.00. The first-order chi connectivity index (χ1) is 5.16. The van der Waals surface area contributed by atoms with Crippen LogP contribution in [-0.4, -0.2) is 5.91 Å². The normalized spacial score (nSPS) is 18.8. The second kappa shape index (κ2) is 2.62. The molecular weight excluding hydrogens is 142 g/mol. The molecule has 1 amide bonds. The molecule has 56 valence electrons. The van der Waals surface area contributed by atoms with E-state index in [2.05, 4.69) is 10.2 Å². The zero-order valence-electron chi connectivity index (χ0n) is 6.33. The van der Waals surface area contributed by atoms with Gasteiger partial charge in [0.25, 0.3) is 5.91 Å². The highest BCUT2D eigenvalue weighted by atomic mass is 16.2. The first kappa shape index (κ1) is 7.61. The van der Waals surface area contributed by atoms with Crippen LogP contribution >= 0.6 is 0 Å². The second-order valence-corrected chi connectivity index (χ2v) is 2.36. The molecule has 0 radical (unpaired) electrons. The van der Waals surface area contributed by atoms with Crippen LogP contribution in [0.15, 0.2) is 21.5 Å². The summed E-state index contributed by atoms with van der Waals surface area (Å²) in [5.41, 5.74) is 0.983.